The molecule has 0 aliphatic carbocycles. The molecule has 1 N–H and O–H groups in total. The maximum atomic E-state index is 9.72. The molecule has 0 saturated carbocycles. The number of aliphatic hydroxyl groups is 1. The average Bonchev–Trinajstić information content (AvgIpc) is 2.62. The van der Waals surface area contributed by atoms with E-state index < -0.39 is 0 Å². The van der Waals surface area contributed by atoms with Gasteiger partial charge in [-0.1, -0.05) is 54.6 Å². The molecule has 2 aromatic carbocycles. The Morgan fingerprint density at radius 1 is 0.960 bits per heavy atom. The van der Waals surface area contributed by atoms with Crippen molar-refractivity contribution in [1.29, 1.82) is 0 Å². The predicted octanol–water partition coefficient (Wildman–Crippen LogP) is 3.35. The van der Waals surface area contributed by atoms with Crippen LogP contribution in [0.1, 0.15) is 12.0 Å². The Morgan fingerprint density at radius 3 is 2.36 bits per heavy atom. The molecule has 1 aliphatic rings. The summed E-state index contributed by atoms with van der Waals surface area (Å²) in [5, 5.41) is 9.72. The molecule has 1 aliphatic heterocycles. The van der Waals surface area contributed by atoms with E-state index in [1.165, 1.54) is 16.7 Å². The number of benzene rings is 2. The van der Waals surface area contributed by atoms with Gasteiger partial charge in [-0.05, 0) is 49.0 Å². The zero-order valence-corrected chi connectivity index (χ0v) is 15.4. The van der Waals surface area contributed by atoms with Crippen LogP contribution in [0.3, 0.4) is 0 Å². The van der Waals surface area contributed by atoms with Crippen molar-refractivity contribution in [3.05, 3.63) is 60.2 Å². The van der Waals surface area contributed by atoms with Crippen LogP contribution in [0.15, 0.2) is 54.6 Å². The van der Waals surface area contributed by atoms with Crippen LogP contribution in [0.25, 0.3) is 11.1 Å². The lowest BCUT2D eigenvalue weighted by Crippen LogP contribution is -2.44. The fourth-order valence-electron chi connectivity index (χ4n) is 4.13. The van der Waals surface area contributed by atoms with Gasteiger partial charge in [0.1, 0.15) is 0 Å². The summed E-state index contributed by atoms with van der Waals surface area (Å²) in [6.45, 7) is 4.43. The number of likely N-dealkylation sites (tertiary alicyclic amines) is 1. The quantitative estimate of drug-likeness (QED) is 0.875. The van der Waals surface area contributed by atoms with Crippen LogP contribution in [0.2, 0.25) is 0 Å². The molecule has 0 bridgehead atoms. The third-order valence-electron chi connectivity index (χ3n) is 5.08. The molecule has 3 heteroatoms. The van der Waals surface area contributed by atoms with Gasteiger partial charge in [-0.2, -0.15) is 0 Å². The highest BCUT2D eigenvalue weighted by Gasteiger charge is 2.27. The molecule has 0 radical (unpaired) electrons. The summed E-state index contributed by atoms with van der Waals surface area (Å²) >= 11 is 0. The highest BCUT2D eigenvalue weighted by atomic mass is 16.3. The summed E-state index contributed by atoms with van der Waals surface area (Å²) < 4.78 is 0. The summed E-state index contributed by atoms with van der Waals surface area (Å²) in [7, 11) is 4.27. The lowest BCUT2D eigenvalue weighted by Gasteiger charge is -2.38. The Kier molecular flexibility index (Phi) is 6.24. The molecule has 0 unspecified atom stereocenters. The Labute approximate surface area is 151 Å². The highest BCUT2D eigenvalue weighted by Crippen LogP contribution is 2.28. The summed E-state index contributed by atoms with van der Waals surface area (Å²) in [4.78, 5) is 4.79. The summed E-state index contributed by atoms with van der Waals surface area (Å²) in [5.74, 6) is 1.02. The first-order chi connectivity index (χ1) is 12.2. The van der Waals surface area contributed by atoms with E-state index in [2.05, 4.69) is 78.5 Å². The maximum Gasteiger partial charge on any atom is 0.0471 e. The minimum absolute atomic E-state index is 0.292. The van der Waals surface area contributed by atoms with Crippen LogP contribution in [0.4, 0.5) is 0 Å². The monoisotopic (exact) mass is 338 g/mol. The second-order valence-corrected chi connectivity index (χ2v) is 7.63. The zero-order valence-electron chi connectivity index (χ0n) is 15.4. The fourth-order valence-corrected chi connectivity index (χ4v) is 4.13. The average molecular weight is 338 g/mol. The minimum Gasteiger partial charge on any atom is -0.396 e. The first-order valence-electron chi connectivity index (χ1n) is 9.27. The fraction of sp³-hybridized carbons (Fsp3) is 0.455. The van der Waals surface area contributed by atoms with Crippen molar-refractivity contribution in [2.24, 2.45) is 11.8 Å². The molecule has 3 nitrogen and oxygen atoms in total. The van der Waals surface area contributed by atoms with E-state index in [4.69, 9.17) is 0 Å². The molecule has 134 valence electrons. The second-order valence-electron chi connectivity index (χ2n) is 7.63. The molecule has 0 amide bonds. The first kappa shape index (κ1) is 18.1. The molecule has 1 saturated heterocycles. The van der Waals surface area contributed by atoms with Gasteiger partial charge in [0.05, 0.1) is 0 Å². The number of hydrogen-bond acceptors (Lipinski definition) is 3. The van der Waals surface area contributed by atoms with E-state index >= 15 is 0 Å². The summed E-state index contributed by atoms with van der Waals surface area (Å²) in [6.07, 6.45) is 1.13. The van der Waals surface area contributed by atoms with Crippen molar-refractivity contribution < 1.29 is 5.11 Å². The second kappa shape index (κ2) is 8.61. The van der Waals surface area contributed by atoms with Gasteiger partial charge in [0.2, 0.25) is 0 Å². The zero-order chi connectivity index (χ0) is 17.6. The summed E-state index contributed by atoms with van der Waals surface area (Å²) in [5.41, 5.74) is 3.97. The van der Waals surface area contributed by atoms with Crippen LogP contribution in [-0.4, -0.2) is 55.2 Å². The Balaban J connectivity index is 1.77. The lowest BCUT2D eigenvalue weighted by atomic mass is 9.88. The number of nitrogens with zero attached hydrogens (tertiary/aromatic N) is 2. The van der Waals surface area contributed by atoms with Crippen molar-refractivity contribution in [3.63, 3.8) is 0 Å². The van der Waals surface area contributed by atoms with Crippen molar-refractivity contribution >= 4 is 0 Å². The van der Waals surface area contributed by atoms with Crippen LogP contribution >= 0.6 is 0 Å². The third-order valence-corrected chi connectivity index (χ3v) is 5.08. The predicted molar refractivity (Wildman–Crippen MR) is 104 cm³/mol. The van der Waals surface area contributed by atoms with E-state index in [-0.39, 0.29) is 0 Å². The number of piperidine rings is 1. The molecular weight excluding hydrogens is 308 g/mol. The van der Waals surface area contributed by atoms with Crippen LogP contribution in [0.5, 0.6) is 0 Å². The SMILES string of the molecule is CN(C)C[C@H]1C[C@H](CO)CN(Cc2ccccc2-c2ccccc2)C1. The van der Waals surface area contributed by atoms with Gasteiger partial charge in [0, 0.05) is 32.8 Å². The van der Waals surface area contributed by atoms with E-state index in [1.807, 2.05) is 0 Å². The molecule has 0 aromatic heterocycles. The molecule has 25 heavy (non-hydrogen) atoms. The topological polar surface area (TPSA) is 26.7 Å². The van der Waals surface area contributed by atoms with Crippen molar-refractivity contribution in [2.45, 2.75) is 13.0 Å². The molecule has 1 heterocycles. The van der Waals surface area contributed by atoms with Gasteiger partial charge in [-0.15, -0.1) is 0 Å². The van der Waals surface area contributed by atoms with Crippen molar-refractivity contribution in [2.75, 3.05) is 40.3 Å². The number of aliphatic hydroxyl groups excluding tert-OH is 1. The van der Waals surface area contributed by atoms with E-state index in [0.717, 1.165) is 32.6 Å². The van der Waals surface area contributed by atoms with Crippen molar-refractivity contribution in [1.82, 2.24) is 9.80 Å². The standard InChI is InChI=1S/C22H30N2O/c1-23(2)13-18-12-19(17-25)15-24(14-18)16-21-10-6-7-11-22(21)20-8-4-3-5-9-20/h3-11,18-19,25H,12-17H2,1-2H3/t18-,19+/m1/s1. The van der Waals surface area contributed by atoms with Gasteiger partial charge in [0.25, 0.3) is 0 Å². The molecule has 2 aromatic rings. The normalized spacial score (nSPS) is 21.6. The smallest absolute Gasteiger partial charge is 0.0471 e. The number of hydrogen-bond donors (Lipinski definition) is 1. The first-order valence-corrected chi connectivity index (χ1v) is 9.27. The molecule has 3 rings (SSSR count). The van der Waals surface area contributed by atoms with Gasteiger partial charge < -0.3 is 10.0 Å². The van der Waals surface area contributed by atoms with Crippen LogP contribution in [0, 0.1) is 11.8 Å². The van der Waals surface area contributed by atoms with Gasteiger partial charge in [-0.3, -0.25) is 4.90 Å². The van der Waals surface area contributed by atoms with E-state index in [1.54, 1.807) is 0 Å². The third kappa shape index (κ3) is 4.91. The minimum atomic E-state index is 0.292. The Bertz CT molecular complexity index is 656. The van der Waals surface area contributed by atoms with Gasteiger partial charge in [0.15, 0.2) is 0 Å². The van der Waals surface area contributed by atoms with Gasteiger partial charge in [-0.25, -0.2) is 0 Å². The highest BCUT2D eigenvalue weighted by molar-refractivity contribution is 5.67. The van der Waals surface area contributed by atoms with E-state index in [0.29, 0.717) is 18.4 Å². The molecular formula is C22H30N2O. The largest absolute Gasteiger partial charge is 0.396 e. The van der Waals surface area contributed by atoms with Crippen LogP contribution in [-0.2, 0) is 6.54 Å². The number of rotatable bonds is 6. The maximum absolute atomic E-state index is 9.72. The van der Waals surface area contributed by atoms with Gasteiger partial charge >= 0.3 is 0 Å². The molecule has 0 spiro atoms. The molecule has 1 fully saturated rings. The lowest BCUT2D eigenvalue weighted by molar-refractivity contribution is 0.0693. The van der Waals surface area contributed by atoms with E-state index in [9.17, 15) is 5.11 Å². The molecule has 2 atom stereocenters. The summed E-state index contributed by atoms with van der Waals surface area (Å²) in [6, 6.07) is 19.3. The van der Waals surface area contributed by atoms with Crippen LogP contribution < -0.4 is 0 Å². The van der Waals surface area contributed by atoms with Crippen molar-refractivity contribution in [3.8, 4) is 11.1 Å². The Hall–Kier alpha value is -1.68. The Morgan fingerprint density at radius 2 is 1.64 bits per heavy atom.